The largest absolute Gasteiger partial charge is 0.496 e. The van der Waals surface area contributed by atoms with Gasteiger partial charge in [-0.05, 0) is 12.5 Å². The zero-order chi connectivity index (χ0) is 15.3. The Kier molecular flexibility index (Phi) is 5.01. The first kappa shape index (κ1) is 15.4. The van der Waals surface area contributed by atoms with Crippen molar-refractivity contribution in [2.75, 3.05) is 7.11 Å². The molecule has 0 aliphatic rings. The highest BCUT2D eigenvalue weighted by atomic mass is 16.6. The fourth-order valence-electron chi connectivity index (χ4n) is 1.64. The summed E-state index contributed by atoms with van der Waals surface area (Å²) in [4.78, 5) is 33.2. The van der Waals surface area contributed by atoms with E-state index in [9.17, 15) is 19.7 Å². The number of nitrogens with one attached hydrogen (secondary N) is 1. The third-order valence-electron chi connectivity index (χ3n) is 2.66. The van der Waals surface area contributed by atoms with Gasteiger partial charge < -0.3 is 15.2 Å². The van der Waals surface area contributed by atoms with Gasteiger partial charge in [-0.25, -0.2) is 4.79 Å². The van der Waals surface area contributed by atoms with E-state index >= 15 is 0 Å². The van der Waals surface area contributed by atoms with Crippen LogP contribution >= 0.6 is 0 Å². The van der Waals surface area contributed by atoms with Gasteiger partial charge in [0.15, 0.2) is 5.56 Å². The maximum atomic E-state index is 12.1. The number of ether oxygens (including phenoxy) is 1. The van der Waals surface area contributed by atoms with E-state index in [1.807, 2.05) is 0 Å². The molecule has 1 aromatic carbocycles. The van der Waals surface area contributed by atoms with Gasteiger partial charge in [0, 0.05) is 6.07 Å². The highest BCUT2D eigenvalue weighted by Crippen LogP contribution is 2.28. The number of aliphatic carboxylic acids is 1. The number of amides is 1. The second-order valence-electron chi connectivity index (χ2n) is 3.88. The van der Waals surface area contributed by atoms with Gasteiger partial charge in [0.05, 0.1) is 12.0 Å². The molecule has 0 aliphatic carbocycles. The quantitative estimate of drug-likeness (QED) is 0.597. The maximum Gasteiger partial charge on any atom is 0.326 e. The predicted octanol–water partition coefficient (Wildman–Crippen LogP) is 1.20. The minimum atomic E-state index is -1.21. The molecule has 1 amide bonds. The molecule has 1 rings (SSSR count). The van der Waals surface area contributed by atoms with Crippen molar-refractivity contribution in [1.82, 2.24) is 5.32 Å². The zero-order valence-corrected chi connectivity index (χ0v) is 11.0. The van der Waals surface area contributed by atoms with Crippen molar-refractivity contribution in [3.05, 3.63) is 33.9 Å². The summed E-state index contributed by atoms with van der Waals surface area (Å²) in [6.45, 7) is 1.58. The van der Waals surface area contributed by atoms with Gasteiger partial charge in [0.2, 0.25) is 0 Å². The van der Waals surface area contributed by atoms with Crippen molar-refractivity contribution in [1.29, 1.82) is 0 Å². The van der Waals surface area contributed by atoms with E-state index in [1.54, 1.807) is 6.92 Å². The van der Waals surface area contributed by atoms with Crippen LogP contribution in [0.5, 0.6) is 5.75 Å². The zero-order valence-electron chi connectivity index (χ0n) is 11.0. The number of rotatable bonds is 6. The van der Waals surface area contributed by atoms with Gasteiger partial charge in [0.1, 0.15) is 11.8 Å². The molecule has 0 spiro atoms. The lowest BCUT2D eigenvalue weighted by molar-refractivity contribution is -0.385. The van der Waals surface area contributed by atoms with E-state index in [1.165, 1.54) is 19.2 Å². The molecule has 0 unspecified atom stereocenters. The Hall–Kier alpha value is -2.64. The van der Waals surface area contributed by atoms with Gasteiger partial charge in [-0.2, -0.15) is 0 Å². The fraction of sp³-hybridized carbons (Fsp3) is 0.333. The number of hydrogen-bond acceptors (Lipinski definition) is 5. The van der Waals surface area contributed by atoms with Crippen LogP contribution in [0.1, 0.15) is 23.7 Å². The number of carboxylic acids is 1. The summed E-state index contributed by atoms with van der Waals surface area (Å²) < 4.78 is 4.92. The predicted molar refractivity (Wildman–Crippen MR) is 68.8 cm³/mol. The number of carbonyl (C=O) groups is 2. The standard InChI is InChI=1S/C12H14N2O6/c1-3-7(12(16)17)13-11(15)10-8(14(18)19)5-4-6-9(10)20-2/h4-7H,3H2,1-2H3,(H,13,15)(H,16,17)/t7-/m0/s1. The molecule has 0 aliphatic heterocycles. The van der Waals surface area contributed by atoms with Crippen molar-refractivity contribution < 1.29 is 24.4 Å². The Morgan fingerprint density at radius 2 is 2.15 bits per heavy atom. The third-order valence-corrected chi connectivity index (χ3v) is 2.66. The average Bonchev–Trinajstić information content (AvgIpc) is 2.42. The molecule has 2 N–H and O–H groups in total. The molecule has 0 bridgehead atoms. The SMILES string of the molecule is CC[C@H](NC(=O)c1c(OC)cccc1[N+](=O)[O-])C(=O)O. The van der Waals surface area contributed by atoms with Gasteiger partial charge >= 0.3 is 5.97 Å². The van der Waals surface area contributed by atoms with Gasteiger partial charge in [-0.3, -0.25) is 14.9 Å². The van der Waals surface area contributed by atoms with Crippen molar-refractivity contribution in [3.63, 3.8) is 0 Å². The molecule has 0 radical (unpaired) electrons. The monoisotopic (exact) mass is 282 g/mol. The molecular formula is C12H14N2O6. The highest BCUT2D eigenvalue weighted by Gasteiger charge is 2.27. The first-order valence-corrected chi connectivity index (χ1v) is 5.77. The minimum Gasteiger partial charge on any atom is -0.496 e. The van der Waals surface area contributed by atoms with Crippen LogP contribution in [0.2, 0.25) is 0 Å². The van der Waals surface area contributed by atoms with Crippen LogP contribution in [0.25, 0.3) is 0 Å². The second-order valence-corrected chi connectivity index (χ2v) is 3.88. The van der Waals surface area contributed by atoms with Crippen molar-refractivity contribution in [3.8, 4) is 5.75 Å². The second kappa shape index (κ2) is 6.50. The first-order chi connectivity index (χ1) is 9.42. The van der Waals surface area contributed by atoms with Crippen LogP contribution in [-0.4, -0.2) is 35.1 Å². The molecule has 8 nitrogen and oxygen atoms in total. The summed E-state index contributed by atoms with van der Waals surface area (Å²) in [5.74, 6) is -2.06. The van der Waals surface area contributed by atoms with Crippen molar-refractivity contribution in [2.45, 2.75) is 19.4 Å². The number of nitro benzene ring substituents is 1. The normalized spacial score (nSPS) is 11.5. The van der Waals surface area contributed by atoms with E-state index in [0.717, 1.165) is 6.07 Å². The van der Waals surface area contributed by atoms with Gasteiger partial charge in [-0.15, -0.1) is 0 Å². The molecule has 0 heterocycles. The molecule has 8 heteroatoms. The third kappa shape index (κ3) is 3.22. The number of benzene rings is 1. The summed E-state index contributed by atoms with van der Waals surface area (Å²) >= 11 is 0. The van der Waals surface area contributed by atoms with Crippen LogP contribution in [0.15, 0.2) is 18.2 Å². The maximum absolute atomic E-state index is 12.1. The number of nitrogens with zero attached hydrogens (tertiary/aromatic N) is 1. The molecule has 108 valence electrons. The summed E-state index contributed by atoms with van der Waals surface area (Å²) in [6.07, 6.45) is 0.157. The molecule has 0 saturated heterocycles. The highest BCUT2D eigenvalue weighted by molar-refractivity contribution is 6.02. The average molecular weight is 282 g/mol. The van der Waals surface area contributed by atoms with E-state index in [0.29, 0.717) is 0 Å². The number of nitro groups is 1. The van der Waals surface area contributed by atoms with E-state index in [2.05, 4.69) is 5.32 Å². The van der Waals surface area contributed by atoms with Crippen LogP contribution in [-0.2, 0) is 4.79 Å². The topological polar surface area (TPSA) is 119 Å². The Labute approximate surface area is 114 Å². The lowest BCUT2D eigenvalue weighted by Crippen LogP contribution is -2.40. The summed E-state index contributed by atoms with van der Waals surface area (Å²) in [5, 5.41) is 22.1. The van der Waals surface area contributed by atoms with Crippen LogP contribution in [0.4, 0.5) is 5.69 Å². The number of carbonyl (C=O) groups excluding carboxylic acids is 1. The van der Waals surface area contributed by atoms with Gasteiger partial charge in [-0.1, -0.05) is 13.0 Å². The molecule has 1 atom stereocenters. The number of methoxy groups -OCH3 is 1. The minimum absolute atomic E-state index is 0.0111. The molecule has 0 aromatic heterocycles. The van der Waals surface area contributed by atoms with E-state index < -0.39 is 28.5 Å². The Morgan fingerprint density at radius 3 is 2.60 bits per heavy atom. The fourth-order valence-corrected chi connectivity index (χ4v) is 1.64. The van der Waals surface area contributed by atoms with Crippen molar-refractivity contribution in [2.24, 2.45) is 0 Å². The van der Waals surface area contributed by atoms with Crippen LogP contribution in [0.3, 0.4) is 0 Å². The Balaban J connectivity index is 3.20. The lowest BCUT2D eigenvalue weighted by Gasteiger charge is -2.14. The summed E-state index contributed by atoms with van der Waals surface area (Å²) in [6, 6.07) is 2.80. The summed E-state index contributed by atoms with van der Waals surface area (Å²) in [5.41, 5.74) is -0.734. The van der Waals surface area contributed by atoms with Crippen LogP contribution < -0.4 is 10.1 Å². The molecule has 1 aromatic rings. The molecule has 20 heavy (non-hydrogen) atoms. The Bertz CT molecular complexity index is 543. The van der Waals surface area contributed by atoms with Crippen molar-refractivity contribution >= 4 is 17.6 Å². The van der Waals surface area contributed by atoms with E-state index in [-0.39, 0.29) is 17.7 Å². The first-order valence-electron chi connectivity index (χ1n) is 5.77. The Morgan fingerprint density at radius 1 is 1.50 bits per heavy atom. The number of carboxylic acid groups (broad SMARTS) is 1. The van der Waals surface area contributed by atoms with Crippen LogP contribution in [0, 0.1) is 10.1 Å². The molecular weight excluding hydrogens is 268 g/mol. The smallest absolute Gasteiger partial charge is 0.326 e. The summed E-state index contributed by atoms with van der Waals surface area (Å²) in [7, 11) is 1.27. The lowest BCUT2D eigenvalue weighted by atomic mass is 10.1. The number of hydrogen-bond donors (Lipinski definition) is 2. The molecule has 0 saturated carbocycles. The van der Waals surface area contributed by atoms with Gasteiger partial charge in [0.25, 0.3) is 11.6 Å². The molecule has 0 fully saturated rings. The van der Waals surface area contributed by atoms with E-state index in [4.69, 9.17) is 9.84 Å².